The maximum atomic E-state index is 13.3. The molecule has 0 radical (unpaired) electrons. The van der Waals surface area contributed by atoms with Crippen LogP contribution in [0.15, 0.2) is 64.6 Å². The number of rotatable bonds is 5. The summed E-state index contributed by atoms with van der Waals surface area (Å²) in [6, 6.07) is 12.7. The lowest BCUT2D eigenvalue weighted by Crippen LogP contribution is -2.07. The van der Waals surface area contributed by atoms with Crippen LogP contribution in [0.25, 0.3) is 17.0 Å². The number of phenolic OH excluding ortho intramolecular Hbond substituents is 1. The summed E-state index contributed by atoms with van der Waals surface area (Å²) in [6.45, 7) is 3.72. The van der Waals surface area contributed by atoms with Gasteiger partial charge in [0, 0.05) is 16.5 Å². The number of hydrogen-bond donors (Lipinski definition) is 4. The van der Waals surface area contributed by atoms with Crippen LogP contribution in [0.4, 0.5) is 18.9 Å². The van der Waals surface area contributed by atoms with Gasteiger partial charge in [-0.15, -0.1) is 0 Å². The van der Waals surface area contributed by atoms with Gasteiger partial charge in [0.1, 0.15) is 16.5 Å². The summed E-state index contributed by atoms with van der Waals surface area (Å²) in [7, 11) is 0. The molecule has 0 aliphatic carbocycles. The third kappa shape index (κ3) is 5.17. The molecule has 0 atom stereocenters. The van der Waals surface area contributed by atoms with Crippen molar-refractivity contribution in [2.45, 2.75) is 20.0 Å². The topological polar surface area (TPSA) is 106 Å². The average Bonchev–Trinajstić information content (AvgIpc) is 3.15. The first-order valence-electron chi connectivity index (χ1n) is 10.9. The van der Waals surface area contributed by atoms with Gasteiger partial charge in [-0.2, -0.15) is 13.2 Å². The number of aliphatic imine (C=N–C) groups is 1. The van der Waals surface area contributed by atoms with Gasteiger partial charge in [-0.1, -0.05) is 41.9 Å². The number of carboxylic acid groups (broad SMARTS) is 1. The van der Waals surface area contributed by atoms with Crippen molar-refractivity contribution in [1.82, 2.24) is 4.98 Å². The highest BCUT2D eigenvalue weighted by molar-refractivity contribution is 6.43. The Kier molecular flexibility index (Phi) is 6.75. The first-order chi connectivity index (χ1) is 17.4. The molecule has 0 bridgehead atoms. The van der Waals surface area contributed by atoms with Gasteiger partial charge in [0.05, 0.1) is 16.8 Å². The molecule has 1 heterocycles. The Morgan fingerprint density at radius 2 is 1.78 bits per heavy atom. The number of aliphatic carboxylic acids is 1. The minimum atomic E-state index is -4.56. The van der Waals surface area contributed by atoms with E-state index in [1.807, 2.05) is 19.9 Å². The zero-order chi connectivity index (χ0) is 27.1. The molecule has 0 amide bonds. The van der Waals surface area contributed by atoms with Gasteiger partial charge in [0.15, 0.2) is 5.88 Å². The van der Waals surface area contributed by atoms with Crippen LogP contribution in [-0.2, 0) is 11.0 Å². The van der Waals surface area contributed by atoms with Crippen LogP contribution in [0, 0.1) is 13.8 Å². The van der Waals surface area contributed by atoms with Gasteiger partial charge < -0.3 is 20.3 Å². The number of aromatic amines is 1. The largest absolute Gasteiger partial charge is 0.506 e. The number of aromatic hydroxyl groups is 2. The smallest absolute Gasteiger partial charge is 0.416 e. The van der Waals surface area contributed by atoms with Crippen LogP contribution in [0.1, 0.15) is 33.4 Å². The predicted molar refractivity (Wildman–Crippen MR) is 136 cm³/mol. The Hall–Kier alpha value is -4.24. The van der Waals surface area contributed by atoms with Crippen molar-refractivity contribution in [3.8, 4) is 11.6 Å². The second-order valence-electron chi connectivity index (χ2n) is 8.36. The molecule has 1 aromatic heterocycles. The van der Waals surface area contributed by atoms with E-state index < -0.39 is 22.7 Å². The second kappa shape index (κ2) is 9.67. The molecule has 0 unspecified atom stereocenters. The van der Waals surface area contributed by atoms with Crippen molar-refractivity contribution in [3.63, 3.8) is 0 Å². The highest BCUT2D eigenvalue weighted by Gasteiger charge is 2.31. The van der Waals surface area contributed by atoms with Gasteiger partial charge in [0.2, 0.25) is 0 Å². The van der Waals surface area contributed by atoms with Crippen molar-refractivity contribution in [2.75, 3.05) is 0 Å². The van der Waals surface area contributed by atoms with Crippen LogP contribution in [0.5, 0.6) is 11.6 Å². The molecule has 3 aromatic carbocycles. The third-order valence-corrected chi connectivity index (χ3v) is 6.20. The minimum absolute atomic E-state index is 0.0633. The summed E-state index contributed by atoms with van der Waals surface area (Å²) in [5.74, 6) is -2.02. The standard InChI is InChI=1S/C27H20ClF3N2O4/c1-13-4-3-5-17(14(13)2)24(32-20-9-6-15(11-22(20)34)10-19(28)26(36)37)23-18-8-7-16(27(29,30)31)12-21(18)33-25(23)35/h3-12,33-35H,1-2H3,(H,36,37). The highest BCUT2D eigenvalue weighted by atomic mass is 35.5. The molecule has 0 saturated heterocycles. The molecule has 190 valence electrons. The van der Waals surface area contributed by atoms with Crippen LogP contribution in [0.3, 0.4) is 0 Å². The Morgan fingerprint density at radius 3 is 2.43 bits per heavy atom. The third-order valence-electron chi connectivity index (χ3n) is 5.93. The number of aryl methyl sites for hydroxylation is 1. The molecule has 4 N–H and O–H groups in total. The van der Waals surface area contributed by atoms with E-state index in [1.165, 1.54) is 24.3 Å². The van der Waals surface area contributed by atoms with E-state index in [0.29, 0.717) is 16.5 Å². The molecule has 0 aliphatic rings. The maximum Gasteiger partial charge on any atom is 0.416 e. The van der Waals surface area contributed by atoms with Gasteiger partial charge in [0.25, 0.3) is 0 Å². The van der Waals surface area contributed by atoms with Crippen molar-refractivity contribution in [1.29, 1.82) is 0 Å². The highest BCUT2D eigenvalue weighted by Crippen LogP contribution is 2.38. The quantitative estimate of drug-likeness (QED) is 0.164. The van der Waals surface area contributed by atoms with Gasteiger partial charge in [-0.3, -0.25) is 0 Å². The first kappa shape index (κ1) is 25.8. The lowest BCUT2D eigenvalue weighted by atomic mass is 9.94. The molecular formula is C27H20ClF3N2O4. The number of benzene rings is 3. The zero-order valence-corrected chi connectivity index (χ0v) is 20.2. The van der Waals surface area contributed by atoms with Crippen LogP contribution in [-0.4, -0.2) is 32.0 Å². The summed E-state index contributed by atoms with van der Waals surface area (Å²) in [5.41, 5.74) is 2.28. The molecule has 6 nitrogen and oxygen atoms in total. The van der Waals surface area contributed by atoms with Crippen LogP contribution >= 0.6 is 11.6 Å². The monoisotopic (exact) mass is 528 g/mol. The van der Waals surface area contributed by atoms with E-state index in [-0.39, 0.29) is 34.1 Å². The summed E-state index contributed by atoms with van der Waals surface area (Å²) >= 11 is 5.67. The fourth-order valence-corrected chi connectivity index (χ4v) is 4.04. The molecule has 0 saturated carbocycles. The molecule has 4 rings (SSSR count). The Labute approximate surface area is 214 Å². The Morgan fingerprint density at radius 1 is 1.05 bits per heavy atom. The number of aromatic nitrogens is 1. The Bertz CT molecular complexity index is 1600. The van der Waals surface area contributed by atoms with E-state index in [1.54, 1.807) is 12.1 Å². The fraction of sp³-hybridized carbons (Fsp3) is 0.111. The van der Waals surface area contributed by atoms with Crippen molar-refractivity contribution < 1.29 is 33.3 Å². The van der Waals surface area contributed by atoms with Crippen LogP contribution < -0.4 is 0 Å². The molecule has 10 heteroatoms. The summed E-state index contributed by atoms with van der Waals surface area (Å²) in [6.07, 6.45) is -3.41. The van der Waals surface area contributed by atoms with Crippen LogP contribution in [0.2, 0.25) is 0 Å². The molecule has 37 heavy (non-hydrogen) atoms. The van der Waals surface area contributed by atoms with Crippen molar-refractivity contribution in [3.05, 3.63) is 93.0 Å². The fourth-order valence-electron chi connectivity index (χ4n) is 3.91. The number of carboxylic acids is 1. The number of nitrogens with zero attached hydrogens (tertiary/aromatic N) is 1. The van der Waals surface area contributed by atoms with E-state index in [2.05, 4.69) is 9.98 Å². The maximum absolute atomic E-state index is 13.3. The molecule has 0 spiro atoms. The summed E-state index contributed by atoms with van der Waals surface area (Å²) in [4.78, 5) is 18.2. The SMILES string of the molecule is Cc1cccc(C(=Nc2ccc(C=C(Cl)C(=O)O)cc2O)c2c(O)[nH]c3cc(C(F)(F)F)ccc23)c1C. The summed E-state index contributed by atoms with van der Waals surface area (Å²) in [5, 5.41) is 30.3. The van der Waals surface area contributed by atoms with Gasteiger partial charge >= 0.3 is 12.1 Å². The van der Waals surface area contributed by atoms with Gasteiger partial charge in [-0.25, -0.2) is 9.79 Å². The number of carbonyl (C=O) groups is 1. The molecular weight excluding hydrogens is 509 g/mol. The predicted octanol–water partition coefficient (Wildman–Crippen LogP) is 7.05. The van der Waals surface area contributed by atoms with Gasteiger partial charge in [-0.05, 0) is 60.9 Å². The number of fused-ring (bicyclic) bond motifs is 1. The number of halogens is 4. The normalized spacial score (nSPS) is 12.8. The zero-order valence-electron chi connectivity index (χ0n) is 19.5. The lowest BCUT2D eigenvalue weighted by molar-refractivity contribution is -0.137. The average molecular weight is 529 g/mol. The second-order valence-corrected chi connectivity index (χ2v) is 8.77. The Balaban J connectivity index is 1.96. The molecule has 0 aliphatic heterocycles. The van der Waals surface area contributed by atoms with Crippen molar-refractivity contribution >= 4 is 45.9 Å². The van der Waals surface area contributed by atoms with E-state index in [9.17, 15) is 28.2 Å². The lowest BCUT2D eigenvalue weighted by Gasteiger charge is -2.13. The van der Waals surface area contributed by atoms with E-state index in [4.69, 9.17) is 16.7 Å². The number of hydrogen-bond acceptors (Lipinski definition) is 4. The first-order valence-corrected chi connectivity index (χ1v) is 11.3. The van der Waals surface area contributed by atoms with E-state index in [0.717, 1.165) is 29.3 Å². The van der Waals surface area contributed by atoms with Crippen molar-refractivity contribution in [2.24, 2.45) is 4.99 Å². The number of H-pyrrole nitrogens is 1. The number of phenols is 1. The van der Waals surface area contributed by atoms with E-state index >= 15 is 0 Å². The molecule has 4 aromatic rings. The number of nitrogens with one attached hydrogen (secondary N) is 1. The molecule has 0 fully saturated rings. The number of alkyl halides is 3. The summed E-state index contributed by atoms with van der Waals surface area (Å²) < 4.78 is 39.8. The minimum Gasteiger partial charge on any atom is -0.506 e.